The largest absolute Gasteiger partial charge is 0.470 e. The third-order valence-corrected chi connectivity index (χ3v) is 1.73. The molecule has 0 aromatic carbocycles. The molecule has 0 aromatic heterocycles. The van der Waals surface area contributed by atoms with E-state index >= 15 is 0 Å². The van der Waals surface area contributed by atoms with E-state index in [0.717, 1.165) is 12.2 Å². The normalized spacial score (nSPS) is 31.0. The molecule has 0 amide bonds. The van der Waals surface area contributed by atoms with Crippen molar-refractivity contribution < 1.29 is 14.2 Å². The lowest BCUT2D eigenvalue weighted by atomic mass is 10.2. The molecule has 0 fully saturated rings. The summed E-state index contributed by atoms with van der Waals surface area (Å²) in [5, 5.41) is 0. The topological polar surface area (TPSA) is 27.7 Å². The van der Waals surface area contributed by atoms with Crippen molar-refractivity contribution in [3.8, 4) is 0 Å². The van der Waals surface area contributed by atoms with Crippen molar-refractivity contribution in [2.75, 3.05) is 14.2 Å². The summed E-state index contributed by atoms with van der Waals surface area (Å²) in [5.74, 6) is 0.870. The van der Waals surface area contributed by atoms with Gasteiger partial charge in [0.15, 0.2) is 0 Å². The maximum atomic E-state index is 5.33. The van der Waals surface area contributed by atoms with E-state index in [0.29, 0.717) is 0 Å². The highest BCUT2D eigenvalue weighted by atomic mass is 16.7. The van der Waals surface area contributed by atoms with Gasteiger partial charge >= 0.3 is 0 Å². The molecule has 0 saturated heterocycles. The number of hydrogen-bond acceptors (Lipinski definition) is 3. The zero-order valence-corrected chi connectivity index (χ0v) is 7.16. The predicted molar refractivity (Wildman–Crippen MR) is 41.1 cm³/mol. The average molecular weight is 158 g/mol. The quantitative estimate of drug-likeness (QED) is 0.606. The summed E-state index contributed by atoms with van der Waals surface area (Å²) in [6.07, 6.45) is 2.71. The Morgan fingerprint density at radius 1 is 1.45 bits per heavy atom. The molecule has 0 aromatic rings. The van der Waals surface area contributed by atoms with Gasteiger partial charge in [-0.15, -0.1) is 0 Å². The van der Waals surface area contributed by atoms with Crippen LogP contribution in [0.5, 0.6) is 0 Å². The Bertz CT molecular complexity index is 153. The van der Waals surface area contributed by atoms with Crippen molar-refractivity contribution in [3.63, 3.8) is 0 Å². The van der Waals surface area contributed by atoms with Gasteiger partial charge in [0.1, 0.15) is 0 Å². The second-order valence-electron chi connectivity index (χ2n) is 2.57. The number of ether oxygens (including phenoxy) is 3. The summed E-state index contributed by atoms with van der Waals surface area (Å²) in [5.41, 5.74) is 0. The first-order valence-corrected chi connectivity index (χ1v) is 3.67. The Hall–Kier alpha value is -0.540. The van der Waals surface area contributed by atoms with Gasteiger partial charge in [0, 0.05) is 20.6 Å². The van der Waals surface area contributed by atoms with Gasteiger partial charge in [-0.3, -0.25) is 0 Å². The van der Waals surface area contributed by atoms with Gasteiger partial charge in [-0.1, -0.05) is 0 Å². The Morgan fingerprint density at radius 3 is 2.73 bits per heavy atom. The minimum absolute atomic E-state index is 0.133. The second kappa shape index (κ2) is 3.74. The Kier molecular flexibility index (Phi) is 2.91. The van der Waals surface area contributed by atoms with Crippen molar-refractivity contribution in [3.05, 3.63) is 11.8 Å². The van der Waals surface area contributed by atoms with Crippen molar-refractivity contribution in [1.82, 2.24) is 0 Å². The van der Waals surface area contributed by atoms with Crippen LogP contribution in [0.4, 0.5) is 0 Å². The Morgan fingerprint density at radius 2 is 2.18 bits per heavy atom. The van der Waals surface area contributed by atoms with Crippen LogP contribution < -0.4 is 0 Å². The van der Waals surface area contributed by atoms with Gasteiger partial charge in [0.25, 0.3) is 0 Å². The molecule has 2 atom stereocenters. The van der Waals surface area contributed by atoms with E-state index in [1.54, 1.807) is 14.2 Å². The first-order valence-electron chi connectivity index (χ1n) is 3.67. The third kappa shape index (κ3) is 2.20. The summed E-state index contributed by atoms with van der Waals surface area (Å²) >= 11 is 0. The van der Waals surface area contributed by atoms with Crippen LogP contribution in [-0.4, -0.2) is 26.6 Å². The van der Waals surface area contributed by atoms with E-state index < -0.39 is 0 Å². The van der Waals surface area contributed by atoms with Gasteiger partial charge < -0.3 is 14.2 Å². The number of hydrogen-bond donors (Lipinski definition) is 0. The molecular formula is C8H14O3. The molecular weight excluding hydrogens is 144 g/mol. The molecule has 11 heavy (non-hydrogen) atoms. The molecule has 2 unspecified atom stereocenters. The molecule has 1 aliphatic rings. The van der Waals surface area contributed by atoms with E-state index in [1.165, 1.54) is 0 Å². The molecule has 0 bridgehead atoms. The van der Waals surface area contributed by atoms with Crippen molar-refractivity contribution in [1.29, 1.82) is 0 Å². The SMILES string of the molecule is COC1C=C(C)OC(OC)C1. The molecule has 0 aliphatic carbocycles. The molecule has 0 saturated carbocycles. The van der Waals surface area contributed by atoms with E-state index in [9.17, 15) is 0 Å². The lowest BCUT2D eigenvalue weighted by Gasteiger charge is -2.26. The molecule has 1 rings (SSSR count). The lowest BCUT2D eigenvalue weighted by molar-refractivity contribution is -0.125. The van der Waals surface area contributed by atoms with Crippen molar-refractivity contribution >= 4 is 0 Å². The molecule has 3 nitrogen and oxygen atoms in total. The van der Waals surface area contributed by atoms with E-state index in [2.05, 4.69) is 0 Å². The summed E-state index contributed by atoms with van der Waals surface area (Å²) in [6, 6.07) is 0. The van der Waals surface area contributed by atoms with Gasteiger partial charge in [-0.2, -0.15) is 0 Å². The van der Waals surface area contributed by atoms with Gasteiger partial charge in [0.2, 0.25) is 6.29 Å². The van der Waals surface area contributed by atoms with Crippen LogP contribution >= 0.6 is 0 Å². The summed E-state index contributed by atoms with van der Waals surface area (Å²) in [4.78, 5) is 0. The number of allylic oxidation sites excluding steroid dienone is 1. The van der Waals surface area contributed by atoms with Crippen LogP contribution in [0.3, 0.4) is 0 Å². The molecule has 1 aliphatic heterocycles. The predicted octanol–water partition coefficient (Wildman–Crippen LogP) is 1.30. The first kappa shape index (κ1) is 8.56. The fourth-order valence-electron chi connectivity index (χ4n) is 1.12. The highest BCUT2D eigenvalue weighted by molar-refractivity contribution is 4.99. The minimum Gasteiger partial charge on any atom is -0.470 e. The zero-order valence-electron chi connectivity index (χ0n) is 7.16. The van der Waals surface area contributed by atoms with E-state index in [4.69, 9.17) is 14.2 Å². The van der Waals surface area contributed by atoms with Gasteiger partial charge in [-0.05, 0) is 13.0 Å². The number of rotatable bonds is 2. The standard InChI is InChI=1S/C8H14O3/c1-6-4-7(9-2)5-8(10-3)11-6/h4,7-8H,5H2,1-3H3. The summed E-state index contributed by atoms with van der Waals surface area (Å²) in [6.45, 7) is 1.90. The lowest BCUT2D eigenvalue weighted by Crippen LogP contribution is -2.26. The molecule has 0 N–H and O–H groups in total. The second-order valence-corrected chi connectivity index (χ2v) is 2.57. The van der Waals surface area contributed by atoms with E-state index in [-0.39, 0.29) is 12.4 Å². The Balaban J connectivity index is 2.53. The van der Waals surface area contributed by atoms with Gasteiger partial charge in [-0.25, -0.2) is 0 Å². The average Bonchev–Trinajstić information content (AvgIpc) is 2.03. The Labute approximate surface area is 66.9 Å². The summed E-state index contributed by atoms with van der Waals surface area (Å²) in [7, 11) is 3.32. The molecule has 1 heterocycles. The maximum absolute atomic E-state index is 5.33. The minimum atomic E-state index is -0.148. The molecule has 0 spiro atoms. The monoisotopic (exact) mass is 158 g/mol. The van der Waals surface area contributed by atoms with Crippen LogP contribution in [0, 0.1) is 0 Å². The van der Waals surface area contributed by atoms with Crippen LogP contribution in [0.1, 0.15) is 13.3 Å². The highest BCUT2D eigenvalue weighted by Gasteiger charge is 2.20. The number of methoxy groups -OCH3 is 2. The molecule has 3 heteroatoms. The summed E-state index contributed by atoms with van der Waals surface area (Å²) < 4.78 is 15.5. The van der Waals surface area contributed by atoms with E-state index in [1.807, 2.05) is 13.0 Å². The van der Waals surface area contributed by atoms with Crippen LogP contribution in [0.2, 0.25) is 0 Å². The van der Waals surface area contributed by atoms with Crippen molar-refractivity contribution in [2.45, 2.75) is 25.7 Å². The van der Waals surface area contributed by atoms with Crippen LogP contribution in [-0.2, 0) is 14.2 Å². The van der Waals surface area contributed by atoms with Crippen LogP contribution in [0.25, 0.3) is 0 Å². The van der Waals surface area contributed by atoms with Crippen molar-refractivity contribution in [2.24, 2.45) is 0 Å². The fourth-order valence-corrected chi connectivity index (χ4v) is 1.12. The third-order valence-electron chi connectivity index (χ3n) is 1.73. The molecule has 64 valence electrons. The fraction of sp³-hybridized carbons (Fsp3) is 0.750. The van der Waals surface area contributed by atoms with Gasteiger partial charge in [0.05, 0.1) is 11.9 Å². The zero-order chi connectivity index (χ0) is 8.27. The first-order chi connectivity index (χ1) is 5.26. The maximum Gasteiger partial charge on any atom is 0.201 e. The molecule has 0 radical (unpaired) electrons. The van der Waals surface area contributed by atoms with Crippen LogP contribution in [0.15, 0.2) is 11.8 Å². The smallest absolute Gasteiger partial charge is 0.201 e. The highest BCUT2D eigenvalue weighted by Crippen LogP contribution is 2.18.